The van der Waals surface area contributed by atoms with Crippen LogP contribution in [0.2, 0.25) is 0 Å². The molecule has 0 atom stereocenters. The van der Waals surface area contributed by atoms with E-state index in [1.165, 1.54) is 0 Å². The highest BCUT2D eigenvalue weighted by atomic mass is 32.1. The zero-order valence-electron chi connectivity index (χ0n) is 6.50. The SMILES string of the molecule is COCCOCC(=O)NCS. The van der Waals surface area contributed by atoms with Crippen LogP contribution in [-0.4, -0.2) is 38.7 Å². The second-order valence-corrected chi connectivity index (χ2v) is 2.12. The average Bonchev–Trinajstić information content (AvgIpc) is 1.99. The van der Waals surface area contributed by atoms with E-state index in [0.29, 0.717) is 19.1 Å². The topological polar surface area (TPSA) is 47.6 Å². The van der Waals surface area contributed by atoms with Gasteiger partial charge in [-0.2, -0.15) is 12.6 Å². The molecule has 0 aromatic rings. The van der Waals surface area contributed by atoms with Crippen molar-refractivity contribution < 1.29 is 14.3 Å². The smallest absolute Gasteiger partial charge is 0.246 e. The highest BCUT2D eigenvalue weighted by Gasteiger charge is 1.97. The molecule has 0 bridgehead atoms. The number of hydrogen-bond acceptors (Lipinski definition) is 4. The molecular weight excluding hydrogens is 166 g/mol. The van der Waals surface area contributed by atoms with Crippen LogP contribution in [-0.2, 0) is 14.3 Å². The number of hydrogen-bond donors (Lipinski definition) is 2. The summed E-state index contributed by atoms with van der Waals surface area (Å²) in [6.45, 7) is 1.02. The molecule has 0 rings (SSSR count). The summed E-state index contributed by atoms with van der Waals surface area (Å²) < 4.78 is 9.63. The molecule has 0 aliphatic heterocycles. The van der Waals surface area contributed by atoms with E-state index in [-0.39, 0.29) is 12.5 Å². The van der Waals surface area contributed by atoms with Crippen LogP contribution in [0.3, 0.4) is 0 Å². The minimum Gasteiger partial charge on any atom is -0.382 e. The maximum atomic E-state index is 10.7. The van der Waals surface area contributed by atoms with Crippen molar-refractivity contribution in [2.45, 2.75) is 0 Å². The lowest BCUT2D eigenvalue weighted by Gasteiger charge is -2.02. The molecule has 0 saturated heterocycles. The predicted octanol–water partition coefficient (Wildman–Crippen LogP) is -0.347. The van der Waals surface area contributed by atoms with Gasteiger partial charge in [-0.1, -0.05) is 0 Å². The molecule has 0 aromatic carbocycles. The van der Waals surface area contributed by atoms with Crippen LogP contribution in [0.15, 0.2) is 0 Å². The summed E-state index contributed by atoms with van der Waals surface area (Å²) in [5.41, 5.74) is 0. The Labute approximate surface area is 71.7 Å². The molecule has 11 heavy (non-hydrogen) atoms. The third kappa shape index (κ3) is 7.64. The lowest BCUT2D eigenvalue weighted by Crippen LogP contribution is -2.26. The van der Waals surface area contributed by atoms with Crippen molar-refractivity contribution in [2.75, 3.05) is 32.8 Å². The number of rotatable bonds is 6. The molecule has 0 unspecified atom stereocenters. The summed E-state index contributed by atoms with van der Waals surface area (Å²) in [5, 5.41) is 2.48. The van der Waals surface area contributed by atoms with Crippen molar-refractivity contribution in [3.8, 4) is 0 Å². The van der Waals surface area contributed by atoms with Gasteiger partial charge < -0.3 is 14.8 Å². The Hall–Kier alpha value is -0.260. The minimum absolute atomic E-state index is 0.0733. The van der Waals surface area contributed by atoms with Crippen molar-refractivity contribution in [3.05, 3.63) is 0 Å². The number of nitrogens with one attached hydrogen (secondary N) is 1. The summed E-state index contributed by atoms with van der Waals surface area (Å²) in [7, 11) is 1.58. The quantitative estimate of drug-likeness (QED) is 0.333. The number of carbonyl (C=O) groups excluding carboxylic acids is 1. The standard InChI is InChI=1S/C6H13NO3S/c1-9-2-3-10-4-6(8)7-5-11/h11H,2-5H2,1H3,(H,7,8). The van der Waals surface area contributed by atoms with Crippen LogP contribution in [0.25, 0.3) is 0 Å². The van der Waals surface area contributed by atoms with E-state index in [4.69, 9.17) is 9.47 Å². The van der Waals surface area contributed by atoms with Gasteiger partial charge in [-0.3, -0.25) is 4.79 Å². The third-order valence-electron chi connectivity index (χ3n) is 0.941. The Bertz CT molecular complexity index is 110. The first-order chi connectivity index (χ1) is 5.31. The van der Waals surface area contributed by atoms with Crippen molar-refractivity contribution in [1.29, 1.82) is 0 Å². The van der Waals surface area contributed by atoms with E-state index in [1.54, 1.807) is 7.11 Å². The zero-order chi connectivity index (χ0) is 8.53. The summed E-state index contributed by atoms with van der Waals surface area (Å²) in [4.78, 5) is 10.7. The molecule has 4 nitrogen and oxygen atoms in total. The molecule has 0 aliphatic carbocycles. The molecule has 0 spiro atoms. The third-order valence-corrected chi connectivity index (χ3v) is 1.10. The molecule has 1 N–H and O–H groups in total. The highest BCUT2D eigenvalue weighted by Crippen LogP contribution is 1.76. The highest BCUT2D eigenvalue weighted by molar-refractivity contribution is 7.80. The lowest BCUT2D eigenvalue weighted by atomic mass is 10.6. The van der Waals surface area contributed by atoms with E-state index in [2.05, 4.69) is 17.9 Å². The summed E-state index contributed by atoms with van der Waals surface area (Å²) >= 11 is 3.81. The largest absolute Gasteiger partial charge is 0.382 e. The average molecular weight is 179 g/mol. The first kappa shape index (κ1) is 10.7. The van der Waals surface area contributed by atoms with Crippen molar-refractivity contribution in [1.82, 2.24) is 5.32 Å². The van der Waals surface area contributed by atoms with E-state index >= 15 is 0 Å². The maximum Gasteiger partial charge on any atom is 0.246 e. The minimum atomic E-state index is -0.156. The first-order valence-corrected chi connectivity index (χ1v) is 3.88. The molecule has 5 heteroatoms. The number of ether oxygens (including phenoxy) is 2. The monoisotopic (exact) mass is 179 g/mol. The Morgan fingerprint density at radius 1 is 1.55 bits per heavy atom. The van der Waals surface area contributed by atoms with Crippen LogP contribution in [0.1, 0.15) is 0 Å². The first-order valence-electron chi connectivity index (χ1n) is 3.25. The van der Waals surface area contributed by atoms with Gasteiger partial charge in [0, 0.05) is 7.11 Å². The second-order valence-electron chi connectivity index (χ2n) is 1.80. The Morgan fingerprint density at radius 2 is 2.27 bits per heavy atom. The van der Waals surface area contributed by atoms with Crippen LogP contribution < -0.4 is 5.32 Å². The Balaban J connectivity index is 3.04. The molecular formula is C6H13NO3S. The van der Waals surface area contributed by atoms with Crippen LogP contribution in [0, 0.1) is 0 Å². The van der Waals surface area contributed by atoms with Crippen molar-refractivity contribution in [3.63, 3.8) is 0 Å². The molecule has 0 aromatic heterocycles. The van der Waals surface area contributed by atoms with Gasteiger partial charge in [0.25, 0.3) is 0 Å². The maximum absolute atomic E-state index is 10.7. The van der Waals surface area contributed by atoms with Crippen LogP contribution >= 0.6 is 12.6 Å². The van der Waals surface area contributed by atoms with Gasteiger partial charge >= 0.3 is 0 Å². The summed E-state index contributed by atoms with van der Waals surface area (Å²) in [5.74, 6) is 0.183. The van der Waals surface area contributed by atoms with Crippen molar-refractivity contribution >= 4 is 18.5 Å². The van der Waals surface area contributed by atoms with Gasteiger partial charge in [0.2, 0.25) is 5.91 Å². The number of methoxy groups -OCH3 is 1. The van der Waals surface area contributed by atoms with Crippen LogP contribution in [0.5, 0.6) is 0 Å². The predicted molar refractivity (Wildman–Crippen MR) is 44.7 cm³/mol. The summed E-state index contributed by atoms with van der Waals surface area (Å²) in [6.07, 6.45) is 0. The molecule has 66 valence electrons. The van der Waals surface area contributed by atoms with E-state index < -0.39 is 0 Å². The summed E-state index contributed by atoms with van der Waals surface area (Å²) in [6, 6.07) is 0. The lowest BCUT2D eigenvalue weighted by molar-refractivity contribution is -0.125. The zero-order valence-corrected chi connectivity index (χ0v) is 7.39. The molecule has 0 saturated carbocycles. The van der Waals surface area contributed by atoms with Gasteiger partial charge in [0.1, 0.15) is 6.61 Å². The van der Waals surface area contributed by atoms with E-state index in [1.807, 2.05) is 0 Å². The fourth-order valence-corrected chi connectivity index (χ4v) is 0.623. The molecule has 1 amide bonds. The number of thiol groups is 1. The fraction of sp³-hybridized carbons (Fsp3) is 0.833. The van der Waals surface area contributed by atoms with Gasteiger partial charge in [-0.05, 0) is 0 Å². The van der Waals surface area contributed by atoms with E-state index in [9.17, 15) is 4.79 Å². The molecule has 0 aliphatic rings. The fourth-order valence-electron chi connectivity index (χ4n) is 0.446. The number of amides is 1. The van der Waals surface area contributed by atoms with Crippen molar-refractivity contribution in [2.24, 2.45) is 0 Å². The Morgan fingerprint density at radius 3 is 2.82 bits per heavy atom. The van der Waals surface area contributed by atoms with Crippen LogP contribution in [0.4, 0.5) is 0 Å². The van der Waals surface area contributed by atoms with Gasteiger partial charge in [0.15, 0.2) is 0 Å². The molecule has 0 fully saturated rings. The van der Waals surface area contributed by atoms with Gasteiger partial charge in [0.05, 0.1) is 19.1 Å². The van der Waals surface area contributed by atoms with E-state index in [0.717, 1.165) is 0 Å². The normalized spacial score (nSPS) is 9.64. The van der Waals surface area contributed by atoms with Gasteiger partial charge in [-0.15, -0.1) is 0 Å². The second kappa shape index (κ2) is 7.84. The number of carbonyl (C=O) groups is 1. The molecule has 0 heterocycles. The van der Waals surface area contributed by atoms with Gasteiger partial charge in [-0.25, -0.2) is 0 Å². The molecule has 0 radical (unpaired) electrons. The Kier molecular flexibility index (Phi) is 7.66.